The van der Waals surface area contributed by atoms with E-state index in [1.807, 2.05) is 6.92 Å². The minimum Gasteiger partial charge on any atom is -0.394 e. The summed E-state index contributed by atoms with van der Waals surface area (Å²) in [6.07, 6.45) is 0.686. The van der Waals surface area contributed by atoms with Crippen LogP contribution in [-0.4, -0.2) is 57.9 Å². The van der Waals surface area contributed by atoms with E-state index in [2.05, 4.69) is 9.59 Å². The molecule has 7 heteroatoms. The Bertz CT molecular complexity index is 396. The van der Waals surface area contributed by atoms with Crippen LogP contribution in [0.2, 0.25) is 0 Å². The van der Waals surface area contributed by atoms with Crippen molar-refractivity contribution in [3.05, 3.63) is 10.6 Å². The molecule has 6 nitrogen and oxygen atoms in total. The molecule has 0 aliphatic carbocycles. The molecule has 0 bridgehead atoms. The van der Waals surface area contributed by atoms with Crippen molar-refractivity contribution in [1.82, 2.24) is 14.5 Å². The summed E-state index contributed by atoms with van der Waals surface area (Å²) in [6, 6.07) is -0.261. The van der Waals surface area contributed by atoms with Gasteiger partial charge in [-0.05, 0) is 18.0 Å². The molecular formula is C10H15N3O3S. The summed E-state index contributed by atoms with van der Waals surface area (Å²) >= 11 is 1.11. The van der Waals surface area contributed by atoms with E-state index in [-0.39, 0.29) is 18.6 Å². The largest absolute Gasteiger partial charge is 0.394 e. The maximum absolute atomic E-state index is 12.3. The smallest absolute Gasteiger partial charge is 0.268 e. The number of carbonyl (C=O) groups excluding carboxylic acids is 1. The van der Waals surface area contributed by atoms with E-state index in [4.69, 9.17) is 4.74 Å². The zero-order chi connectivity index (χ0) is 12.3. The van der Waals surface area contributed by atoms with Crippen molar-refractivity contribution in [3.8, 4) is 0 Å². The number of aliphatic hydroxyl groups excluding tert-OH is 1. The number of morpholine rings is 1. The van der Waals surface area contributed by atoms with Gasteiger partial charge in [0, 0.05) is 6.54 Å². The quantitative estimate of drug-likeness (QED) is 0.820. The van der Waals surface area contributed by atoms with Gasteiger partial charge in [0.15, 0.2) is 0 Å². The molecule has 2 heterocycles. The van der Waals surface area contributed by atoms with E-state index in [9.17, 15) is 9.90 Å². The summed E-state index contributed by atoms with van der Waals surface area (Å²) in [4.78, 5) is 14.5. The second kappa shape index (κ2) is 5.52. The summed E-state index contributed by atoms with van der Waals surface area (Å²) in [5.74, 6) is -0.0980. The number of rotatable bonds is 3. The van der Waals surface area contributed by atoms with E-state index < -0.39 is 0 Å². The first-order chi connectivity index (χ1) is 8.27. The Morgan fingerprint density at radius 1 is 1.71 bits per heavy atom. The molecule has 0 saturated carbocycles. The van der Waals surface area contributed by atoms with Crippen molar-refractivity contribution in [2.75, 3.05) is 26.4 Å². The van der Waals surface area contributed by atoms with Crippen LogP contribution in [0, 0.1) is 0 Å². The lowest BCUT2D eigenvalue weighted by atomic mass is 10.2. The fourth-order valence-corrected chi connectivity index (χ4v) is 2.51. The SMILES string of the molecule is CCc1nnsc1C(=O)N1CCOCC1CO. The molecule has 0 radical (unpaired) electrons. The van der Waals surface area contributed by atoms with Crippen molar-refractivity contribution in [3.63, 3.8) is 0 Å². The predicted octanol–water partition coefficient (Wildman–Crippen LogP) is -0.0662. The molecule has 1 unspecified atom stereocenters. The predicted molar refractivity (Wildman–Crippen MR) is 62.0 cm³/mol. The third kappa shape index (κ3) is 2.46. The highest BCUT2D eigenvalue weighted by Crippen LogP contribution is 2.17. The van der Waals surface area contributed by atoms with Gasteiger partial charge < -0.3 is 14.7 Å². The van der Waals surface area contributed by atoms with Crippen molar-refractivity contribution in [1.29, 1.82) is 0 Å². The molecule has 17 heavy (non-hydrogen) atoms. The monoisotopic (exact) mass is 257 g/mol. The lowest BCUT2D eigenvalue weighted by molar-refractivity contribution is -0.0182. The van der Waals surface area contributed by atoms with Gasteiger partial charge in [-0.25, -0.2) is 0 Å². The highest BCUT2D eigenvalue weighted by molar-refractivity contribution is 7.08. The third-order valence-corrected chi connectivity index (χ3v) is 3.54. The van der Waals surface area contributed by atoms with Gasteiger partial charge in [0.25, 0.3) is 5.91 Å². The molecule has 1 fully saturated rings. The zero-order valence-electron chi connectivity index (χ0n) is 9.63. The Hall–Kier alpha value is -1.05. The van der Waals surface area contributed by atoms with Gasteiger partial charge in [-0.3, -0.25) is 4.79 Å². The van der Waals surface area contributed by atoms with Crippen LogP contribution in [0.1, 0.15) is 22.3 Å². The van der Waals surface area contributed by atoms with Crippen LogP contribution in [-0.2, 0) is 11.2 Å². The Kier molecular flexibility index (Phi) is 4.03. The number of ether oxygens (including phenoxy) is 1. The molecular weight excluding hydrogens is 242 g/mol. The van der Waals surface area contributed by atoms with Crippen molar-refractivity contribution in [2.24, 2.45) is 0 Å². The lowest BCUT2D eigenvalue weighted by Gasteiger charge is -2.34. The number of aliphatic hydroxyl groups is 1. The molecule has 1 saturated heterocycles. The van der Waals surface area contributed by atoms with Crippen LogP contribution < -0.4 is 0 Å². The topological polar surface area (TPSA) is 75.6 Å². The molecule has 1 N–H and O–H groups in total. The maximum atomic E-state index is 12.3. The second-order valence-corrected chi connectivity index (χ2v) is 4.57. The van der Waals surface area contributed by atoms with E-state index in [1.165, 1.54) is 0 Å². The van der Waals surface area contributed by atoms with E-state index in [0.717, 1.165) is 17.2 Å². The molecule has 94 valence electrons. The molecule has 1 atom stereocenters. The first-order valence-electron chi connectivity index (χ1n) is 5.58. The van der Waals surface area contributed by atoms with Crippen molar-refractivity contribution >= 4 is 17.4 Å². The Morgan fingerprint density at radius 3 is 3.24 bits per heavy atom. The summed E-state index contributed by atoms with van der Waals surface area (Å²) in [5.41, 5.74) is 0.725. The number of hydrogen-bond donors (Lipinski definition) is 1. The number of aromatic nitrogens is 2. The molecule has 0 aromatic carbocycles. The highest BCUT2D eigenvalue weighted by atomic mass is 32.1. The minimum absolute atomic E-state index is 0.0839. The van der Waals surface area contributed by atoms with Gasteiger partial charge in [-0.15, -0.1) is 5.10 Å². The molecule has 1 aromatic rings. The summed E-state index contributed by atoms with van der Waals surface area (Å²) in [7, 11) is 0. The van der Waals surface area contributed by atoms with Crippen LogP contribution in [0.3, 0.4) is 0 Å². The fourth-order valence-electron chi connectivity index (χ4n) is 1.81. The van der Waals surface area contributed by atoms with Crippen LogP contribution in [0.25, 0.3) is 0 Å². The standard InChI is InChI=1S/C10H15N3O3S/c1-2-8-9(17-12-11-8)10(15)13-3-4-16-6-7(13)5-14/h7,14H,2-6H2,1H3. The minimum atomic E-state index is -0.261. The van der Waals surface area contributed by atoms with Gasteiger partial charge >= 0.3 is 0 Å². The Labute approximate surface area is 103 Å². The molecule has 1 aliphatic heterocycles. The molecule has 1 aliphatic rings. The first-order valence-corrected chi connectivity index (χ1v) is 6.36. The molecule has 0 spiro atoms. The Morgan fingerprint density at radius 2 is 2.53 bits per heavy atom. The van der Waals surface area contributed by atoms with Crippen LogP contribution >= 0.6 is 11.5 Å². The van der Waals surface area contributed by atoms with E-state index in [1.54, 1.807) is 4.90 Å². The lowest BCUT2D eigenvalue weighted by Crippen LogP contribution is -2.50. The van der Waals surface area contributed by atoms with Crippen molar-refractivity contribution < 1.29 is 14.6 Å². The average molecular weight is 257 g/mol. The van der Waals surface area contributed by atoms with Gasteiger partial charge in [0.05, 0.1) is 31.6 Å². The number of amides is 1. The number of aryl methyl sites for hydroxylation is 1. The maximum Gasteiger partial charge on any atom is 0.268 e. The van der Waals surface area contributed by atoms with Crippen molar-refractivity contribution in [2.45, 2.75) is 19.4 Å². The highest BCUT2D eigenvalue weighted by Gasteiger charge is 2.30. The van der Waals surface area contributed by atoms with E-state index in [0.29, 0.717) is 31.1 Å². The fraction of sp³-hybridized carbons (Fsp3) is 0.700. The van der Waals surface area contributed by atoms with E-state index >= 15 is 0 Å². The summed E-state index contributed by atoms with van der Waals surface area (Å²) < 4.78 is 9.06. The molecule has 1 amide bonds. The number of nitrogens with zero attached hydrogens (tertiary/aromatic N) is 3. The average Bonchev–Trinajstić information content (AvgIpc) is 2.86. The third-order valence-electron chi connectivity index (χ3n) is 2.78. The zero-order valence-corrected chi connectivity index (χ0v) is 10.4. The van der Waals surface area contributed by atoms with Gasteiger partial charge in [0.1, 0.15) is 4.88 Å². The summed E-state index contributed by atoms with van der Waals surface area (Å²) in [6.45, 7) is 3.26. The van der Waals surface area contributed by atoms with Gasteiger partial charge in [-0.1, -0.05) is 11.4 Å². The normalized spacial score (nSPS) is 20.6. The van der Waals surface area contributed by atoms with Crippen LogP contribution in [0.15, 0.2) is 0 Å². The Balaban J connectivity index is 2.18. The van der Waals surface area contributed by atoms with Gasteiger partial charge in [-0.2, -0.15) is 0 Å². The summed E-state index contributed by atoms with van der Waals surface area (Å²) in [5, 5.41) is 13.2. The second-order valence-electron chi connectivity index (χ2n) is 3.81. The molecule has 1 aromatic heterocycles. The number of hydrogen-bond acceptors (Lipinski definition) is 6. The van der Waals surface area contributed by atoms with Gasteiger partial charge in [0.2, 0.25) is 0 Å². The first kappa shape index (κ1) is 12.4. The number of carbonyl (C=O) groups is 1. The van der Waals surface area contributed by atoms with Crippen LogP contribution in [0.4, 0.5) is 0 Å². The van der Waals surface area contributed by atoms with Crippen LogP contribution in [0.5, 0.6) is 0 Å². The molecule has 2 rings (SSSR count).